The number of aromatic amines is 1. The summed E-state index contributed by atoms with van der Waals surface area (Å²) in [5.41, 5.74) is 2.15. The lowest BCUT2D eigenvalue weighted by atomic mass is 10.2. The van der Waals surface area contributed by atoms with Crippen molar-refractivity contribution >= 4 is 19.4 Å². The maximum atomic E-state index is 14.3. The normalized spacial score (nSPS) is 12.6. The molecule has 0 saturated carbocycles. The number of fused-ring (bicyclic) bond motifs is 1. The van der Waals surface area contributed by atoms with E-state index in [1.54, 1.807) is 12.1 Å². The summed E-state index contributed by atoms with van der Waals surface area (Å²) >= 11 is 0. The van der Waals surface area contributed by atoms with Gasteiger partial charge in [0.15, 0.2) is 0 Å². The molecule has 1 N–H and O–H groups in total. The van der Waals surface area contributed by atoms with E-state index in [4.69, 9.17) is 4.43 Å². The Morgan fingerprint density at radius 3 is 2.46 bits per heavy atom. The molecule has 0 amide bonds. The van der Waals surface area contributed by atoms with Crippen LogP contribution in [0, 0.1) is 5.82 Å². The van der Waals surface area contributed by atoms with Gasteiger partial charge >= 0.3 is 0 Å². The number of hydrogen-bond donors (Lipinski definition) is 1. The van der Waals surface area contributed by atoms with Crippen molar-refractivity contribution in [2.45, 2.75) is 38.9 Å². The predicted molar refractivity (Wildman–Crippen MR) is 99.3 cm³/mol. The molecule has 24 heavy (non-hydrogen) atoms. The minimum Gasteiger partial charge on any atom is -0.543 e. The van der Waals surface area contributed by atoms with E-state index >= 15 is 0 Å². The van der Waals surface area contributed by atoms with Crippen molar-refractivity contribution in [1.82, 2.24) is 9.97 Å². The lowest BCUT2D eigenvalue weighted by Gasteiger charge is -2.36. The van der Waals surface area contributed by atoms with Crippen LogP contribution in [0.5, 0.6) is 5.75 Å². The monoisotopic (exact) mass is 342 g/mol. The van der Waals surface area contributed by atoms with Crippen LogP contribution < -0.4 is 4.43 Å². The zero-order valence-electron chi connectivity index (χ0n) is 14.8. The Morgan fingerprint density at radius 1 is 1.08 bits per heavy atom. The lowest BCUT2D eigenvalue weighted by molar-refractivity contribution is 0.490. The van der Waals surface area contributed by atoms with E-state index in [1.807, 2.05) is 24.3 Å². The van der Waals surface area contributed by atoms with Gasteiger partial charge in [0, 0.05) is 0 Å². The fraction of sp³-hybridized carbons (Fsp3) is 0.316. The van der Waals surface area contributed by atoms with Crippen molar-refractivity contribution in [3.05, 3.63) is 48.3 Å². The Morgan fingerprint density at radius 2 is 1.79 bits per heavy atom. The highest BCUT2D eigenvalue weighted by Crippen LogP contribution is 2.38. The summed E-state index contributed by atoms with van der Waals surface area (Å²) < 4.78 is 20.6. The van der Waals surface area contributed by atoms with Crippen molar-refractivity contribution in [1.29, 1.82) is 0 Å². The molecular weight excluding hydrogens is 319 g/mol. The first-order valence-corrected chi connectivity index (χ1v) is 11.0. The number of rotatable bonds is 3. The molecule has 0 atom stereocenters. The van der Waals surface area contributed by atoms with Crippen molar-refractivity contribution in [2.75, 3.05) is 0 Å². The molecule has 0 radical (unpaired) electrons. The van der Waals surface area contributed by atoms with Crippen molar-refractivity contribution in [3.63, 3.8) is 0 Å². The zero-order valence-corrected chi connectivity index (χ0v) is 15.8. The fourth-order valence-electron chi connectivity index (χ4n) is 2.28. The Labute approximate surface area is 143 Å². The van der Waals surface area contributed by atoms with E-state index in [2.05, 4.69) is 43.8 Å². The second-order valence-corrected chi connectivity index (χ2v) is 12.3. The van der Waals surface area contributed by atoms with Crippen molar-refractivity contribution < 1.29 is 8.82 Å². The van der Waals surface area contributed by atoms with Gasteiger partial charge in [-0.15, -0.1) is 0 Å². The summed E-state index contributed by atoms with van der Waals surface area (Å²) in [5.74, 6) is 0.907. The van der Waals surface area contributed by atoms with Gasteiger partial charge in [-0.2, -0.15) is 0 Å². The van der Waals surface area contributed by atoms with Crippen LogP contribution in [-0.2, 0) is 0 Å². The van der Waals surface area contributed by atoms with E-state index < -0.39 is 8.32 Å². The minimum absolute atomic E-state index is 0.0842. The molecule has 1 aromatic heterocycles. The third-order valence-corrected chi connectivity index (χ3v) is 9.12. The number of hydrogen-bond acceptors (Lipinski definition) is 2. The van der Waals surface area contributed by atoms with Crippen LogP contribution in [0.15, 0.2) is 42.5 Å². The van der Waals surface area contributed by atoms with Gasteiger partial charge in [0.2, 0.25) is 8.32 Å². The molecule has 2 aromatic carbocycles. The van der Waals surface area contributed by atoms with Gasteiger partial charge < -0.3 is 9.41 Å². The zero-order chi connectivity index (χ0) is 17.5. The molecule has 126 valence electrons. The summed E-state index contributed by atoms with van der Waals surface area (Å²) in [6.07, 6.45) is 0. The minimum atomic E-state index is -1.97. The summed E-state index contributed by atoms with van der Waals surface area (Å²) in [4.78, 5) is 7.67. The molecule has 0 saturated heterocycles. The average Bonchev–Trinajstić information content (AvgIpc) is 2.91. The summed E-state index contributed by atoms with van der Waals surface area (Å²) in [6, 6.07) is 12.6. The lowest BCUT2D eigenvalue weighted by Crippen LogP contribution is -2.43. The third-order valence-electron chi connectivity index (χ3n) is 4.76. The smallest absolute Gasteiger partial charge is 0.250 e. The van der Waals surface area contributed by atoms with E-state index in [1.165, 1.54) is 6.07 Å². The molecule has 0 bridgehead atoms. The van der Waals surface area contributed by atoms with E-state index in [9.17, 15) is 4.39 Å². The largest absolute Gasteiger partial charge is 0.543 e. The molecule has 0 aliphatic carbocycles. The molecule has 3 nitrogen and oxygen atoms in total. The maximum absolute atomic E-state index is 14.3. The Kier molecular flexibility index (Phi) is 3.99. The predicted octanol–water partition coefficient (Wildman–Crippen LogP) is 5.75. The average molecular weight is 342 g/mol. The molecule has 3 rings (SSSR count). The van der Waals surface area contributed by atoms with Gasteiger partial charge in [0.05, 0.1) is 16.6 Å². The van der Waals surface area contributed by atoms with E-state index in [0.717, 1.165) is 11.0 Å². The number of benzene rings is 2. The number of nitrogens with zero attached hydrogens (tertiary/aromatic N) is 1. The van der Waals surface area contributed by atoms with Gasteiger partial charge in [-0.1, -0.05) is 32.9 Å². The third kappa shape index (κ3) is 3.08. The van der Waals surface area contributed by atoms with Gasteiger partial charge in [-0.25, -0.2) is 9.37 Å². The van der Waals surface area contributed by atoms with Crippen LogP contribution >= 0.6 is 0 Å². The quantitative estimate of drug-likeness (QED) is 0.615. The Balaban J connectivity index is 2.00. The Bertz CT molecular complexity index is 847. The van der Waals surface area contributed by atoms with Gasteiger partial charge in [0.25, 0.3) is 0 Å². The number of halogens is 1. The van der Waals surface area contributed by atoms with Gasteiger partial charge in [-0.3, -0.25) is 0 Å². The first-order valence-electron chi connectivity index (χ1n) is 8.11. The van der Waals surface area contributed by atoms with Crippen LogP contribution in [0.2, 0.25) is 18.1 Å². The summed E-state index contributed by atoms with van der Waals surface area (Å²) in [7, 11) is -1.97. The van der Waals surface area contributed by atoms with Gasteiger partial charge in [0.1, 0.15) is 17.4 Å². The number of nitrogens with one attached hydrogen (secondary N) is 1. The first-order chi connectivity index (χ1) is 11.2. The second kappa shape index (κ2) is 5.74. The standard InChI is InChI=1S/C19H23FN2OSi/c1-19(2,3)24(4,5)23-13-10-11-15(20)14(12-13)18-21-16-8-6-7-9-17(16)22-18/h6-12H,1-5H3,(H,21,22). The SMILES string of the molecule is CC(C)(C)[Si](C)(C)Oc1ccc(F)c(-c2nc3ccccc3[nH]2)c1. The highest BCUT2D eigenvalue weighted by molar-refractivity contribution is 6.74. The number of para-hydroxylation sites is 2. The first kappa shape index (κ1) is 16.7. The van der Waals surface area contributed by atoms with E-state index in [-0.39, 0.29) is 10.9 Å². The number of aromatic nitrogens is 2. The van der Waals surface area contributed by atoms with E-state index in [0.29, 0.717) is 17.1 Å². The topological polar surface area (TPSA) is 37.9 Å². The molecule has 1 heterocycles. The summed E-state index contributed by atoms with van der Waals surface area (Å²) in [5, 5.41) is 0.0842. The molecule has 0 unspecified atom stereocenters. The summed E-state index contributed by atoms with van der Waals surface area (Å²) in [6.45, 7) is 10.9. The molecule has 5 heteroatoms. The molecule has 3 aromatic rings. The Hall–Kier alpha value is -2.14. The second-order valence-electron chi connectivity index (χ2n) is 7.61. The number of H-pyrrole nitrogens is 1. The van der Waals surface area contributed by atoms with Crippen LogP contribution in [-0.4, -0.2) is 18.3 Å². The van der Waals surface area contributed by atoms with Crippen LogP contribution in [0.25, 0.3) is 22.4 Å². The molecular formula is C19H23FN2OSi. The molecule has 0 aliphatic rings. The van der Waals surface area contributed by atoms with Crippen LogP contribution in [0.1, 0.15) is 20.8 Å². The molecule has 0 fully saturated rings. The molecule has 0 aliphatic heterocycles. The number of imidazole rings is 1. The molecule has 0 spiro atoms. The highest BCUT2D eigenvalue weighted by Gasteiger charge is 2.39. The fourth-order valence-corrected chi connectivity index (χ4v) is 3.30. The van der Waals surface area contributed by atoms with Crippen LogP contribution in [0.3, 0.4) is 0 Å². The maximum Gasteiger partial charge on any atom is 0.250 e. The highest BCUT2D eigenvalue weighted by atomic mass is 28.4. The van der Waals surface area contributed by atoms with Crippen LogP contribution in [0.4, 0.5) is 4.39 Å². The van der Waals surface area contributed by atoms with Crippen molar-refractivity contribution in [3.8, 4) is 17.1 Å². The van der Waals surface area contributed by atoms with Crippen molar-refractivity contribution in [2.24, 2.45) is 0 Å². The van der Waals surface area contributed by atoms with Gasteiger partial charge in [-0.05, 0) is 48.5 Å².